The summed E-state index contributed by atoms with van der Waals surface area (Å²) in [4.78, 5) is 15.5. The molecule has 1 fully saturated rings. The number of nitrogens with one attached hydrogen (secondary N) is 1. The molecular weight excluding hydrogens is 436 g/mol. The number of anilines is 2. The molecular formula is C28H32N6O. The summed E-state index contributed by atoms with van der Waals surface area (Å²) in [6.45, 7) is 11.6. The Morgan fingerprint density at radius 2 is 1.71 bits per heavy atom. The topological polar surface area (TPSA) is 75.9 Å². The van der Waals surface area contributed by atoms with Crippen LogP contribution >= 0.6 is 0 Å². The summed E-state index contributed by atoms with van der Waals surface area (Å²) >= 11 is 0. The third-order valence-electron chi connectivity index (χ3n) is 7.00. The first kappa shape index (κ1) is 23.0. The average molecular weight is 469 g/mol. The third kappa shape index (κ3) is 4.27. The van der Waals surface area contributed by atoms with Gasteiger partial charge in [0, 0.05) is 18.8 Å². The maximum absolute atomic E-state index is 13.3. The van der Waals surface area contributed by atoms with Crippen LogP contribution in [0.25, 0.3) is 16.6 Å². The summed E-state index contributed by atoms with van der Waals surface area (Å²) in [6.07, 6.45) is 1.77. The normalized spacial score (nSPS) is 16.0. The SMILES string of the molecule is Cc1cc(C)c(NC(=O)[C@@H]2CCCN(c3nnc(C)c4c(C)n(-c5ccccc5)nc34)C2)c(C)c1. The molecule has 0 aliphatic carbocycles. The Bertz CT molecular complexity index is 1390. The molecule has 2 aromatic carbocycles. The van der Waals surface area contributed by atoms with Crippen LogP contribution in [0.1, 0.15) is 40.9 Å². The summed E-state index contributed by atoms with van der Waals surface area (Å²) < 4.78 is 1.96. The van der Waals surface area contributed by atoms with E-state index in [1.165, 1.54) is 5.56 Å². The van der Waals surface area contributed by atoms with Gasteiger partial charge < -0.3 is 10.2 Å². The number of para-hydroxylation sites is 1. The van der Waals surface area contributed by atoms with Crippen molar-refractivity contribution in [1.82, 2.24) is 20.0 Å². The minimum Gasteiger partial charge on any atom is -0.352 e. The van der Waals surface area contributed by atoms with Crippen molar-refractivity contribution in [1.29, 1.82) is 0 Å². The second-order valence-corrected chi connectivity index (χ2v) is 9.71. The monoisotopic (exact) mass is 468 g/mol. The summed E-state index contributed by atoms with van der Waals surface area (Å²) in [6, 6.07) is 14.3. The number of amides is 1. The molecule has 4 aromatic rings. The van der Waals surface area contributed by atoms with Gasteiger partial charge in [-0.25, -0.2) is 4.68 Å². The third-order valence-corrected chi connectivity index (χ3v) is 7.00. The molecule has 1 aliphatic heterocycles. The maximum Gasteiger partial charge on any atom is 0.229 e. The highest BCUT2D eigenvalue weighted by atomic mass is 16.1. The molecule has 1 atom stereocenters. The second kappa shape index (κ2) is 9.13. The van der Waals surface area contributed by atoms with E-state index in [1.54, 1.807) is 0 Å². The molecule has 0 saturated carbocycles. The van der Waals surface area contributed by atoms with Gasteiger partial charge in [-0.3, -0.25) is 4.79 Å². The van der Waals surface area contributed by atoms with Crippen LogP contribution in [0, 0.1) is 40.5 Å². The van der Waals surface area contributed by atoms with E-state index in [9.17, 15) is 4.79 Å². The molecule has 1 saturated heterocycles. The van der Waals surface area contributed by atoms with Crippen molar-refractivity contribution in [2.24, 2.45) is 5.92 Å². The Morgan fingerprint density at radius 3 is 2.43 bits per heavy atom. The number of aromatic nitrogens is 4. The van der Waals surface area contributed by atoms with Crippen molar-refractivity contribution < 1.29 is 4.79 Å². The number of carbonyl (C=O) groups is 1. The van der Waals surface area contributed by atoms with Crippen molar-refractivity contribution in [2.45, 2.75) is 47.5 Å². The Labute approximate surface area is 206 Å². The van der Waals surface area contributed by atoms with E-state index in [4.69, 9.17) is 5.10 Å². The largest absolute Gasteiger partial charge is 0.352 e. The summed E-state index contributed by atoms with van der Waals surface area (Å²) in [5.74, 6) is 0.690. The van der Waals surface area contributed by atoms with Gasteiger partial charge in [0.2, 0.25) is 5.91 Å². The maximum atomic E-state index is 13.3. The summed E-state index contributed by atoms with van der Waals surface area (Å²) in [5, 5.41) is 18.2. The lowest BCUT2D eigenvalue weighted by Crippen LogP contribution is -2.41. The molecule has 7 nitrogen and oxygen atoms in total. The highest BCUT2D eigenvalue weighted by molar-refractivity contribution is 5.95. The minimum absolute atomic E-state index is 0.0621. The zero-order chi connectivity index (χ0) is 24.7. The van der Waals surface area contributed by atoms with Crippen molar-refractivity contribution in [3.63, 3.8) is 0 Å². The van der Waals surface area contributed by atoms with Crippen molar-refractivity contribution in [3.05, 3.63) is 70.5 Å². The molecule has 0 spiro atoms. The van der Waals surface area contributed by atoms with E-state index in [2.05, 4.69) is 46.4 Å². The van der Waals surface area contributed by atoms with Gasteiger partial charge >= 0.3 is 0 Å². The van der Waals surface area contributed by atoms with Crippen molar-refractivity contribution >= 4 is 28.3 Å². The molecule has 1 amide bonds. The summed E-state index contributed by atoms with van der Waals surface area (Å²) in [5.41, 5.74) is 8.06. The highest BCUT2D eigenvalue weighted by Crippen LogP contribution is 2.32. The fraction of sp³-hybridized carbons (Fsp3) is 0.357. The van der Waals surface area contributed by atoms with E-state index >= 15 is 0 Å². The molecule has 7 heteroatoms. The summed E-state index contributed by atoms with van der Waals surface area (Å²) in [7, 11) is 0. The molecule has 2 aromatic heterocycles. The Kier molecular flexibility index (Phi) is 6.01. The molecule has 35 heavy (non-hydrogen) atoms. The average Bonchev–Trinajstić information content (AvgIpc) is 3.20. The number of aryl methyl sites for hydroxylation is 5. The van der Waals surface area contributed by atoms with Gasteiger partial charge in [-0.2, -0.15) is 10.2 Å². The first-order valence-corrected chi connectivity index (χ1v) is 12.2. The van der Waals surface area contributed by atoms with Gasteiger partial charge in [-0.05, 0) is 70.7 Å². The van der Waals surface area contributed by atoms with Crippen LogP contribution in [-0.4, -0.2) is 39.0 Å². The predicted octanol–water partition coefficient (Wildman–Crippen LogP) is 5.21. The van der Waals surface area contributed by atoms with Gasteiger partial charge in [0.05, 0.1) is 28.4 Å². The zero-order valence-electron chi connectivity index (χ0n) is 21.1. The number of benzene rings is 2. The van der Waals surface area contributed by atoms with Crippen molar-refractivity contribution in [2.75, 3.05) is 23.3 Å². The molecule has 1 aliphatic rings. The van der Waals surface area contributed by atoms with Crippen molar-refractivity contribution in [3.8, 4) is 5.69 Å². The van der Waals surface area contributed by atoms with Gasteiger partial charge in [0.1, 0.15) is 5.52 Å². The lowest BCUT2D eigenvalue weighted by Gasteiger charge is -2.33. The minimum atomic E-state index is -0.126. The Hall–Kier alpha value is -3.74. The van der Waals surface area contributed by atoms with Crippen LogP contribution in [-0.2, 0) is 4.79 Å². The second-order valence-electron chi connectivity index (χ2n) is 9.71. The number of hydrogen-bond donors (Lipinski definition) is 1. The Morgan fingerprint density at radius 1 is 1.00 bits per heavy atom. The van der Waals surface area contributed by atoms with Gasteiger partial charge in [0.25, 0.3) is 0 Å². The van der Waals surface area contributed by atoms with E-state index in [-0.39, 0.29) is 11.8 Å². The zero-order valence-corrected chi connectivity index (χ0v) is 21.1. The fourth-order valence-corrected chi connectivity index (χ4v) is 5.33. The van der Waals surface area contributed by atoms with Crippen LogP contribution in [0.5, 0.6) is 0 Å². The quantitative estimate of drug-likeness (QED) is 0.445. The van der Waals surface area contributed by atoms with Gasteiger partial charge in [0.15, 0.2) is 5.82 Å². The fourth-order valence-electron chi connectivity index (χ4n) is 5.33. The van der Waals surface area contributed by atoms with E-state index in [0.717, 1.165) is 70.0 Å². The smallest absolute Gasteiger partial charge is 0.229 e. The van der Waals surface area contributed by atoms with E-state index in [0.29, 0.717) is 6.54 Å². The molecule has 0 radical (unpaired) electrons. The van der Waals surface area contributed by atoms with Crippen LogP contribution < -0.4 is 10.2 Å². The molecule has 180 valence electrons. The highest BCUT2D eigenvalue weighted by Gasteiger charge is 2.30. The van der Waals surface area contributed by atoms with Crippen LogP contribution in [0.15, 0.2) is 42.5 Å². The first-order chi connectivity index (χ1) is 16.8. The molecule has 0 unspecified atom stereocenters. The molecule has 1 N–H and O–H groups in total. The van der Waals surface area contributed by atoms with Crippen LogP contribution in [0.3, 0.4) is 0 Å². The van der Waals surface area contributed by atoms with E-state index in [1.807, 2.05) is 55.8 Å². The molecule has 3 heterocycles. The molecule has 0 bridgehead atoms. The number of carbonyl (C=O) groups excluding carboxylic acids is 1. The van der Waals surface area contributed by atoms with Crippen LogP contribution in [0.4, 0.5) is 11.5 Å². The number of hydrogen-bond acceptors (Lipinski definition) is 5. The number of piperidine rings is 1. The number of nitrogens with zero attached hydrogens (tertiary/aromatic N) is 5. The predicted molar refractivity (Wildman–Crippen MR) is 140 cm³/mol. The number of rotatable bonds is 4. The number of fused-ring (bicyclic) bond motifs is 1. The van der Waals surface area contributed by atoms with Gasteiger partial charge in [-0.15, -0.1) is 5.10 Å². The lowest BCUT2D eigenvalue weighted by molar-refractivity contribution is -0.120. The standard InChI is InChI=1S/C28H32N6O/c1-17-14-18(2)25(19(3)15-17)29-28(35)22-10-9-13-33(16-22)27-26-24(20(4)30-31-27)21(5)34(32-26)23-11-7-6-8-12-23/h6-8,11-12,14-15,22H,9-10,13,16H2,1-5H3,(H,29,35)/t22-/m1/s1. The van der Waals surface area contributed by atoms with E-state index < -0.39 is 0 Å². The van der Waals surface area contributed by atoms with Gasteiger partial charge in [-0.1, -0.05) is 35.9 Å². The molecule has 5 rings (SSSR count). The Balaban J connectivity index is 1.45. The van der Waals surface area contributed by atoms with Crippen LogP contribution in [0.2, 0.25) is 0 Å². The first-order valence-electron chi connectivity index (χ1n) is 12.2. The lowest BCUT2D eigenvalue weighted by atomic mass is 9.96.